The van der Waals surface area contributed by atoms with E-state index in [0.29, 0.717) is 10.7 Å². The Bertz CT molecular complexity index is 760. The first-order valence-electron chi connectivity index (χ1n) is 8.96. The first-order valence-corrected chi connectivity index (χ1v) is 9.37. The predicted octanol–water partition coefficient (Wildman–Crippen LogP) is 4.18. The molecule has 6 heteroatoms. The van der Waals surface area contributed by atoms with E-state index in [0.717, 1.165) is 30.8 Å². The summed E-state index contributed by atoms with van der Waals surface area (Å²) in [5.74, 6) is 0.522. The Morgan fingerprint density at radius 3 is 2.56 bits per heavy atom. The van der Waals surface area contributed by atoms with Crippen LogP contribution in [0, 0.1) is 0 Å². The van der Waals surface area contributed by atoms with Crippen LogP contribution >= 0.6 is 12.2 Å². The van der Waals surface area contributed by atoms with Gasteiger partial charge in [0.25, 0.3) is 0 Å². The van der Waals surface area contributed by atoms with E-state index in [1.807, 2.05) is 32.0 Å². The van der Waals surface area contributed by atoms with E-state index in [2.05, 4.69) is 22.8 Å². The molecule has 0 fully saturated rings. The number of methoxy groups -OCH3 is 1. The molecule has 2 rings (SSSR count). The third-order valence-corrected chi connectivity index (χ3v) is 4.01. The van der Waals surface area contributed by atoms with Gasteiger partial charge in [0.05, 0.1) is 18.8 Å². The highest BCUT2D eigenvalue weighted by molar-refractivity contribution is 7.80. The number of nitrogens with one attached hydrogen (secondary N) is 2. The summed E-state index contributed by atoms with van der Waals surface area (Å²) in [5.41, 5.74) is 2.49. The van der Waals surface area contributed by atoms with Gasteiger partial charge in [-0.05, 0) is 74.8 Å². The number of anilines is 1. The van der Waals surface area contributed by atoms with Crippen molar-refractivity contribution in [3.63, 3.8) is 0 Å². The van der Waals surface area contributed by atoms with Gasteiger partial charge in [0.15, 0.2) is 5.11 Å². The van der Waals surface area contributed by atoms with Gasteiger partial charge in [-0.1, -0.05) is 18.2 Å². The van der Waals surface area contributed by atoms with Crippen molar-refractivity contribution in [1.29, 1.82) is 0 Å². The van der Waals surface area contributed by atoms with Crippen molar-refractivity contribution >= 4 is 29.0 Å². The van der Waals surface area contributed by atoms with Crippen LogP contribution in [0.3, 0.4) is 0 Å². The van der Waals surface area contributed by atoms with Crippen LogP contribution in [0.2, 0.25) is 0 Å². The summed E-state index contributed by atoms with van der Waals surface area (Å²) in [6, 6.07) is 15.2. The molecule has 0 bridgehead atoms. The molecule has 0 aromatic heterocycles. The quantitative estimate of drug-likeness (QED) is 0.403. The number of rotatable bonds is 8. The van der Waals surface area contributed by atoms with Gasteiger partial charge >= 0.3 is 5.97 Å². The van der Waals surface area contributed by atoms with E-state index in [4.69, 9.17) is 21.7 Å². The monoisotopic (exact) mass is 386 g/mol. The Morgan fingerprint density at radius 1 is 1.15 bits per heavy atom. The lowest BCUT2D eigenvalue weighted by molar-refractivity contribution is 0.0601. The first kappa shape index (κ1) is 20.7. The average molecular weight is 387 g/mol. The van der Waals surface area contributed by atoms with Gasteiger partial charge < -0.3 is 20.1 Å². The number of esters is 1. The molecular weight excluding hydrogens is 360 g/mol. The van der Waals surface area contributed by atoms with Crippen molar-refractivity contribution in [3.05, 3.63) is 59.7 Å². The lowest BCUT2D eigenvalue weighted by Crippen LogP contribution is -2.29. The topological polar surface area (TPSA) is 59.6 Å². The van der Waals surface area contributed by atoms with Gasteiger partial charge in [0.2, 0.25) is 0 Å². The van der Waals surface area contributed by atoms with E-state index in [1.165, 1.54) is 12.7 Å². The smallest absolute Gasteiger partial charge is 0.337 e. The van der Waals surface area contributed by atoms with Crippen molar-refractivity contribution < 1.29 is 14.3 Å². The minimum absolute atomic E-state index is 0.182. The summed E-state index contributed by atoms with van der Waals surface area (Å²) in [6.45, 7) is 4.79. The second kappa shape index (κ2) is 10.5. The largest absolute Gasteiger partial charge is 0.491 e. The first-order chi connectivity index (χ1) is 13.0. The third-order valence-electron chi connectivity index (χ3n) is 3.76. The van der Waals surface area contributed by atoms with Gasteiger partial charge in [-0.3, -0.25) is 0 Å². The van der Waals surface area contributed by atoms with Crippen molar-refractivity contribution in [2.24, 2.45) is 0 Å². The van der Waals surface area contributed by atoms with Gasteiger partial charge in [0.1, 0.15) is 5.75 Å². The Balaban J connectivity index is 1.72. The third kappa shape index (κ3) is 7.27. The lowest BCUT2D eigenvalue weighted by Gasteiger charge is -2.12. The minimum Gasteiger partial charge on any atom is -0.491 e. The van der Waals surface area contributed by atoms with Crippen LogP contribution in [0.4, 0.5) is 5.69 Å². The number of thiocarbonyl (C=S) groups is 1. The average Bonchev–Trinajstić information content (AvgIpc) is 2.65. The summed E-state index contributed by atoms with van der Waals surface area (Å²) in [4.78, 5) is 11.6. The van der Waals surface area contributed by atoms with Crippen LogP contribution in [-0.4, -0.2) is 30.8 Å². The molecule has 2 aromatic rings. The zero-order valence-electron chi connectivity index (χ0n) is 16.0. The highest BCUT2D eigenvalue weighted by Crippen LogP contribution is 2.15. The predicted molar refractivity (Wildman–Crippen MR) is 113 cm³/mol. The molecule has 0 spiro atoms. The molecule has 144 valence electrons. The number of ether oxygens (including phenoxy) is 2. The lowest BCUT2D eigenvalue weighted by atomic mass is 10.1. The summed E-state index contributed by atoms with van der Waals surface area (Å²) >= 11 is 5.31. The van der Waals surface area contributed by atoms with Crippen molar-refractivity contribution in [2.75, 3.05) is 19.0 Å². The van der Waals surface area contributed by atoms with Crippen molar-refractivity contribution in [1.82, 2.24) is 5.32 Å². The van der Waals surface area contributed by atoms with E-state index in [-0.39, 0.29) is 12.1 Å². The Labute approximate surface area is 166 Å². The van der Waals surface area contributed by atoms with Gasteiger partial charge in [-0.15, -0.1) is 0 Å². The molecule has 0 aliphatic heterocycles. The zero-order valence-corrected chi connectivity index (χ0v) is 16.8. The minimum atomic E-state index is -0.373. The molecule has 0 radical (unpaired) electrons. The molecule has 5 nitrogen and oxygen atoms in total. The van der Waals surface area contributed by atoms with E-state index in [1.54, 1.807) is 18.2 Å². The second-order valence-electron chi connectivity index (χ2n) is 6.37. The maximum atomic E-state index is 11.6. The summed E-state index contributed by atoms with van der Waals surface area (Å²) in [6.07, 6.45) is 2.09. The summed E-state index contributed by atoms with van der Waals surface area (Å²) in [5, 5.41) is 6.79. The number of benzene rings is 2. The van der Waals surface area contributed by atoms with Crippen LogP contribution in [0.1, 0.15) is 36.2 Å². The molecule has 2 N–H and O–H groups in total. The standard InChI is InChI=1S/C21H26N2O3S/c1-15(2)26-19-11-9-16(10-12-19)6-5-13-22-21(27)23-18-8-4-7-17(14-18)20(24)25-3/h4,7-12,14-15H,5-6,13H2,1-3H3,(H2,22,23,27). The van der Waals surface area contributed by atoms with Crippen LogP contribution in [0.25, 0.3) is 0 Å². The molecule has 0 heterocycles. The SMILES string of the molecule is COC(=O)c1cccc(NC(=S)NCCCc2ccc(OC(C)C)cc2)c1. The molecule has 0 amide bonds. The van der Waals surface area contributed by atoms with Gasteiger partial charge in [0, 0.05) is 12.2 Å². The van der Waals surface area contributed by atoms with Crippen LogP contribution in [0.5, 0.6) is 5.75 Å². The molecule has 0 aliphatic carbocycles. The van der Waals surface area contributed by atoms with Crippen LogP contribution < -0.4 is 15.4 Å². The normalized spacial score (nSPS) is 10.4. The fourth-order valence-corrected chi connectivity index (χ4v) is 2.74. The fraction of sp³-hybridized carbons (Fsp3) is 0.333. The molecule has 0 aliphatic rings. The van der Waals surface area contributed by atoms with Gasteiger partial charge in [-0.2, -0.15) is 0 Å². The number of carbonyl (C=O) groups is 1. The Morgan fingerprint density at radius 2 is 1.89 bits per heavy atom. The fourth-order valence-electron chi connectivity index (χ4n) is 2.52. The van der Waals surface area contributed by atoms with Crippen molar-refractivity contribution in [3.8, 4) is 5.75 Å². The van der Waals surface area contributed by atoms with Crippen molar-refractivity contribution in [2.45, 2.75) is 32.8 Å². The number of hydrogen-bond acceptors (Lipinski definition) is 4. The maximum absolute atomic E-state index is 11.6. The Hall–Kier alpha value is -2.60. The summed E-state index contributed by atoms with van der Waals surface area (Å²) in [7, 11) is 1.36. The zero-order chi connectivity index (χ0) is 19.6. The number of carbonyl (C=O) groups excluding carboxylic acids is 1. The molecule has 0 saturated carbocycles. The van der Waals surface area contributed by atoms with E-state index >= 15 is 0 Å². The number of aryl methyl sites for hydroxylation is 1. The molecule has 27 heavy (non-hydrogen) atoms. The molecule has 2 aromatic carbocycles. The van der Waals surface area contributed by atoms with Crippen LogP contribution in [0.15, 0.2) is 48.5 Å². The Kier molecular flexibility index (Phi) is 8.07. The van der Waals surface area contributed by atoms with E-state index in [9.17, 15) is 4.79 Å². The molecule has 0 unspecified atom stereocenters. The second-order valence-corrected chi connectivity index (χ2v) is 6.78. The van der Waals surface area contributed by atoms with Crippen LogP contribution in [-0.2, 0) is 11.2 Å². The van der Waals surface area contributed by atoms with E-state index < -0.39 is 0 Å². The summed E-state index contributed by atoms with van der Waals surface area (Å²) < 4.78 is 10.4. The molecule has 0 atom stereocenters. The number of hydrogen-bond donors (Lipinski definition) is 2. The maximum Gasteiger partial charge on any atom is 0.337 e. The molecule has 0 saturated heterocycles. The molecular formula is C21H26N2O3S. The highest BCUT2D eigenvalue weighted by atomic mass is 32.1. The van der Waals surface area contributed by atoms with Gasteiger partial charge in [-0.25, -0.2) is 4.79 Å². The highest BCUT2D eigenvalue weighted by Gasteiger charge is 2.06.